The second kappa shape index (κ2) is 4.62. The first kappa shape index (κ1) is 13.3. The largest absolute Gasteiger partial charge is 0.434 e. The highest BCUT2D eigenvalue weighted by Crippen LogP contribution is 2.39. The van der Waals surface area contributed by atoms with Crippen LogP contribution in [-0.4, -0.2) is 10.1 Å². The Morgan fingerprint density at radius 3 is 2.31 bits per heavy atom. The lowest BCUT2D eigenvalue weighted by Gasteiger charge is -2.14. The highest BCUT2D eigenvalue weighted by molar-refractivity contribution is 9.10. The normalized spacial score (nSPS) is 12.2. The Labute approximate surface area is 95.2 Å². The number of aliphatic hydroxyl groups excluding tert-OH is 1. The summed E-state index contributed by atoms with van der Waals surface area (Å²) in [5.74, 6) is 0. The minimum atomic E-state index is -4.82. The van der Waals surface area contributed by atoms with Crippen LogP contribution in [-0.2, 0) is 12.8 Å². The molecule has 0 amide bonds. The van der Waals surface area contributed by atoms with Gasteiger partial charge in [0.25, 0.3) is 6.43 Å². The first-order chi connectivity index (χ1) is 7.29. The van der Waals surface area contributed by atoms with E-state index in [0.29, 0.717) is 6.20 Å². The lowest BCUT2D eigenvalue weighted by molar-refractivity contribution is -0.142. The van der Waals surface area contributed by atoms with Gasteiger partial charge in [-0.25, -0.2) is 8.78 Å². The van der Waals surface area contributed by atoms with Gasteiger partial charge in [0.15, 0.2) is 5.69 Å². The average Bonchev–Trinajstić information content (AvgIpc) is 2.14. The zero-order valence-corrected chi connectivity index (χ0v) is 9.11. The van der Waals surface area contributed by atoms with Gasteiger partial charge in [-0.15, -0.1) is 0 Å². The molecule has 1 N–H and O–H groups in total. The maximum atomic E-state index is 12.5. The summed E-state index contributed by atoms with van der Waals surface area (Å²) in [6.07, 6.45) is -7.36. The van der Waals surface area contributed by atoms with Gasteiger partial charge in [-0.1, -0.05) is 0 Å². The lowest BCUT2D eigenvalue weighted by atomic mass is 10.1. The van der Waals surface area contributed by atoms with Crippen molar-refractivity contribution in [3.8, 4) is 0 Å². The lowest BCUT2D eigenvalue weighted by Crippen LogP contribution is -2.12. The molecule has 0 aromatic carbocycles. The molecule has 0 unspecified atom stereocenters. The number of aliphatic hydroxyl groups is 1. The number of rotatable bonds is 2. The zero-order valence-electron chi connectivity index (χ0n) is 7.52. The molecule has 16 heavy (non-hydrogen) atoms. The quantitative estimate of drug-likeness (QED) is 0.851. The van der Waals surface area contributed by atoms with E-state index in [-0.39, 0.29) is 5.56 Å². The molecule has 1 aromatic heterocycles. The third kappa shape index (κ3) is 2.49. The SMILES string of the molecule is OCc1cnc(C(F)(F)F)c(Br)c1C(F)F. The van der Waals surface area contributed by atoms with Crippen LogP contribution in [0.25, 0.3) is 0 Å². The van der Waals surface area contributed by atoms with Crippen molar-refractivity contribution in [1.29, 1.82) is 0 Å². The summed E-state index contributed by atoms with van der Waals surface area (Å²) in [6.45, 7) is -0.802. The van der Waals surface area contributed by atoms with Crippen LogP contribution in [0.4, 0.5) is 22.0 Å². The predicted octanol–water partition coefficient (Wildman–Crippen LogP) is 3.29. The molecule has 8 heteroatoms. The fraction of sp³-hybridized carbons (Fsp3) is 0.375. The predicted molar refractivity (Wildman–Crippen MR) is 47.8 cm³/mol. The van der Waals surface area contributed by atoms with Gasteiger partial charge in [-0.05, 0) is 15.9 Å². The van der Waals surface area contributed by atoms with Gasteiger partial charge in [-0.2, -0.15) is 13.2 Å². The number of hydrogen-bond acceptors (Lipinski definition) is 2. The number of nitrogens with zero attached hydrogens (tertiary/aromatic N) is 1. The van der Waals surface area contributed by atoms with Crippen LogP contribution in [0.3, 0.4) is 0 Å². The van der Waals surface area contributed by atoms with E-state index in [4.69, 9.17) is 5.11 Å². The van der Waals surface area contributed by atoms with Crippen LogP contribution >= 0.6 is 15.9 Å². The third-order valence-electron chi connectivity index (χ3n) is 1.80. The molecule has 1 rings (SSSR count). The molecule has 0 saturated heterocycles. The van der Waals surface area contributed by atoms with Crippen molar-refractivity contribution in [2.24, 2.45) is 0 Å². The number of hydrogen-bond donors (Lipinski definition) is 1. The molecule has 0 bridgehead atoms. The van der Waals surface area contributed by atoms with E-state index in [9.17, 15) is 22.0 Å². The molecule has 0 aliphatic rings. The first-order valence-electron chi connectivity index (χ1n) is 3.92. The molecule has 0 aliphatic heterocycles. The van der Waals surface area contributed by atoms with Crippen molar-refractivity contribution in [2.75, 3.05) is 0 Å². The topological polar surface area (TPSA) is 33.1 Å². The summed E-state index contributed by atoms with van der Waals surface area (Å²) in [7, 11) is 0. The Morgan fingerprint density at radius 2 is 1.94 bits per heavy atom. The van der Waals surface area contributed by atoms with Crippen molar-refractivity contribution < 1.29 is 27.1 Å². The van der Waals surface area contributed by atoms with Crippen LogP contribution in [0.1, 0.15) is 23.2 Å². The summed E-state index contributed by atoms with van der Waals surface area (Å²) in [6, 6.07) is 0. The van der Waals surface area contributed by atoms with E-state index in [2.05, 4.69) is 20.9 Å². The maximum absolute atomic E-state index is 12.5. The van der Waals surface area contributed by atoms with Crippen LogP contribution in [0.5, 0.6) is 0 Å². The van der Waals surface area contributed by atoms with Crippen molar-refractivity contribution in [1.82, 2.24) is 4.98 Å². The average molecular weight is 306 g/mol. The number of alkyl halides is 5. The van der Waals surface area contributed by atoms with Gasteiger partial charge in [0.2, 0.25) is 0 Å². The van der Waals surface area contributed by atoms with Gasteiger partial charge < -0.3 is 5.11 Å². The highest BCUT2D eigenvalue weighted by atomic mass is 79.9. The number of halogens is 6. The van der Waals surface area contributed by atoms with E-state index >= 15 is 0 Å². The Morgan fingerprint density at radius 1 is 1.38 bits per heavy atom. The van der Waals surface area contributed by atoms with Gasteiger partial charge in [0.1, 0.15) is 0 Å². The number of aromatic nitrogens is 1. The van der Waals surface area contributed by atoms with Gasteiger partial charge in [0.05, 0.1) is 11.1 Å². The summed E-state index contributed by atoms with van der Waals surface area (Å²) in [4.78, 5) is 3.00. The molecular weight excluding hydrogens is 301 g/mol. The molecule has 0 spiro atoms. The molecule has 2 nitrogen and oxygen atoms in total. The molecule has 90 valence electrons. The minimum absolute atomic E-state index is 0.338. The smallest absolute Gasteiger partial charge is 0.392 e. The Bertz CT molecular complexity index is 393. The van der Waals surface area contributed by atoms with Crippen molar-refractivity contribution in [2.45, 2.75) is 19.2 Å². The van der Waals surface area contributed by atoms with Crippen LogP contribution in [0, 0.1) is 0 Å². The molecule has 0 fully saturated rings. The summed E-state index contributed by atoms with van der Waals surface area (Å²) < 4.78 is 61.2. The van der Waals surface area contributed by atoms with Crippen molar-refractivity contribution in [3.05, 3.63) is 27.5 Å². The third-order valence-corrected chi connectivity index (χ3v) is 2.60. The molecule has 0 saturated carbocycles. The number of pyridine rings is 1. The van der Waals surface area contributed by atoms with Crippen LogP contribution in [0.15, 0.2) is 10.7 Å². The van der Waals surface area contributed by atoms with E-state index in [1.165, 1.54) is 0 Å². The van der Waals surface area contributed by atoms with E-state index in [1.807, 2.05) is 0 Å². The Balaban J connectivity index is 3.44. The van der Waals surface area contributed by atoms with Gasteiger partial charge >= 0.3 is 6.18 Å². The molecule has 0 radical (unpaired) electrons. The van der Waals surface area contributed by atoms with Gasteiger partial charge in [-0.3, -0.25) is 4.98 Å². The van der Waals surface area contributed by atoms with Crippen LogP contribution in [0.2, 0.25) is 0 Å². The standard InChI is InChI=1S/C8H5BrF5NO/c9-5-4(7(10)11)3(2-16)1-15-6(5)8(12,13)14/h1,7,16H,2H2. The Hall–Kier alpha value is -0.760. The second-order valence-electron chi connectivity index (χ2n) is 2.82. The summed E-state index contributed by atoms with van der Waals surface area (Å²) in [5.41, 5.74) is -2.65. The molecule has 0 atom stereocenters. The first-order valence-corrected chi connectivity index (χ1v) is 4.71. The molecule has 1 heterocycles. The van der Waals surface area contributed by atoms with E-state index in [0.717, 1.165) is 0 Å². The fourth-order valence-electron chi connectivity index (χ4n) is 1.10. The molecular formula is C8H5BrF5NO. The molecule has 0 aliphatic carbocycles. The second-order valence-corrected chi connectivity index (χ2v) is 3.61. The zero-order chi connectivity index (χ0) is 12.5. The maximum Gasteiger partial charge on any atom is 0.434 e. The fourth-order valence-corrected chi connectivity index (χ4v) is 1.85. The summed E-state index contributed by atoms with van der Waals surface area (Å²) >= 11 is 2.44. The van der Waals surface area contributed by atoms with Gasteiger partial charge in [0, 0.05) is 17.3 Å². The highest BCUT2D eigenvalue weighted by Gasteiger charge is 2.37. The minimum Gasteiger partial charge on any atom is -0.392 e. The van der Waals surface area contributed by atoms with Crippen molar-refractivity contribution in [3.63, 3.8) is 0 Å². The monoisotopic (exact) mass is 305 g/mol. The van der Waals surface area contributed by atoms with Crippen LogP contribution < -0.4 is 0 Å². The van der Waals surface area contributed by atoms with Crippen molar-refractivity contribution >= 4 is 15.9 Å². The Kier molecular flexibility index (Phi) is 3.84. The van der Waals surface area contributed by atoms with E-state index < -0.39 is 34.9 Å². The molecule has 1 aromatic rings. The summed E-state index contributed by atoms with van der Waals surface area (Å²) in [5, 5.41) is 8.71. The van der Waals surface area contributed by atoms with E-state index in [1.54, 1.807) is 0 Å².